The minimum absolute atomic E-state index is 0.657. The second-order valence-electron chi connectivity index (χ2n) is 5.87. The van der Waals surface area contributed by atoms with Gasteiger partial charge in [0.05, 0.1) is 10.7 Å². The van der Waals surface area contributed by atoms with Crippen molar-refractivity contribution < 1.29 is 0 Å². The first kappa shape index (κ1) is 16.5. The predicted molar refractivity (Wildman–Crippen MR) is 103 cm³/mol. The fraction of sp³-hybridized carbons (Fsp3) is 0.222. The van der Waals surface area contributed by atoms with Crippen LogP contribution >= 0.6 is 11.6 Å². The highest BCUT2D eigenvalue weighted by atomic mass is 35.5. The third-order valence-corrected chi connectivity index (χ3v) is 4.51. The molecule has 1 aliphatic heterocycles. The molecule has 0 amide bonds. The summed E-state index contributed by atoms with van der Waals surface area (Å²) < 4.78 is 0. The van der Waals surface area contributed by atoms with Crippen LogP contribution in [0.15, 0.2) is 55.0 Å². The molecule has 0 saturated carbocycles. The summed E-state index contributed by atoms with van der Waals surface area (Å²) in [6.45, 7) is 3.28. The number of hydrogen-bond donors (Lipinski definition) is 1. The molecule has 3 heterocycles. The summed E-state index contributed by atoms with van der Waals surface area (Å²) in [5.41, 5.74) is 0.824. The Balaban J connectivity index is 1.44. The second-order valence-corrected chi connectivity index (χ2v) is 6.28. The minimum Gasteiger partial charge on any atom is -0.339 e. The van der Waals surface area contributed by atoms with E-state index in [9.17, 15) is 0 Å². The van der Waals surface area contributed by atoms with Crippen molar-refractivity contribution in [3.8, 4) is 0 Å². The zero-order chi connectivity index (χ0) is 17.8. The summed E-state index contributed by atoms with van der Waals surface area (Å²) in [5, 5.41) is 3.90. The first-order chi connectivity index (χ1) is 12.8. The van der Waals surface area contributed by atoms with E-state index in [2.05, 4.69) is 35.1 Å². The van der Waals surface area contributed by atoms with E-state index in [0.29, 0.717) is 11.0 Å². The van der Waals surface area contributed by atoms with Gasteiger partial charge in [0.15, 0.2) is 0 Å². The molecule has 8 heteroatoms. The number of anilines is 4. The third-order valence-electron chi connectivity index (χ3n) is 4.18. The van der Waals surface area contributed by atoms with Gasteiger partial charge in [-0.1, -0.05) is 23.7 Å². The van der Waals surface area contributed by atoms with Crippen molar-refractivity contribution in [2.75, 3.05) is 41.3 Å². The second kappa shape index (κ2) is 7.53. The minimum atomic E-state index is 0.657. The molecule has 1 saturated heterocycles. The highest BCUT2D eigenvalue weighted by Gasteiger charge is 2.20. The van der Waals surface area contributed by atoms with Crippen LogP contribution in [0.4, 0.5) is 23.4 Å². The van der Waals surface area contributed by atoms with E-state index in [1.54, 1.807) is 18.6 Å². The Hall–Kier alpha value is -2.93. The van der Waals surface area contributed by atoms with Crippen LogP contribution in [0, 0.1) is 0 Å². The van der Waals surface area contributed by atoms with Gasteiger partial charge in [0.1, 0.15) is 5.82 Å². The van der Waals surface area contributed by atoms with Crippen molar-refractivity contribution in [2.24, 2.45) is 0 Å². The molecule has 0 bridgehead atoms. The molecule has 1 aliphatic rings. The van der Waals surface area contributed by atoms with E-state index in [1.165, 1.54) is 0 Å². The van der Waals surface area contributed by atoms with Crippen molar-refractivity contribution >= 4 is 35.0 Å². The SMILES string of the molecule is Clc1ccccc1Nc1ccnc(N2CCN(c3ncccn3)CC2)n1. The fourth-order valence-corrected chi connectivity index (χ4v) is 3.01. The Morgan fingerprint density at radius 3 is 2.15 bits per heavy atom. The first-order valence-corrected chi connectivity index (χ1v) is 8.79. The lowest BCUT2D eigenvalue weighted by atomic mass is 10.3. The van der Waals surface area contributed by atoms with Crippen LogP contribution in [0.25, 0.3) is 0 Å². The van der Waals surface area contributed by atoms with Crippen molar-refractivity contribution in [3.05, 3.63) is 60.0 Å². The topological polar surface area (TPSA) is 70.1 Å². The molecule has 4 rings (SSSR count). The Labute approximate surface area is 156 Å². The zero-order valence-corrected chi connectivity index (χ0v) is 14.8. The normalized spacial score (nSPS) is 14.3. The van der Waals surface area contributed by atoms with Gasteiger partial charge in [-0.2, -0.15) is 4.98 Å². The molecule has 1 fully saturated rings. The summed E-state index contributed by atoms with van der Waals surface area (Å²) in [7, 11) is 0. The quantitative estimate of drug-likeness (QED) is 0.760. The van der Waals surface area contributed by atoms with Crippen molar-refractivity contribution in [1.29, 1.82) is 0 Å². The van der Waals surface area contributed by atoms with Gasteiger partial charge < -0.3 is 15.1 Å². The molecular formula is C18H18ClN7. The predicted octanol–water partition coefficient (Wildman–Crippen LogP) is 2.99. The van der Waals surface area contributed by atoms with Crippen LogP contribution in [0.5, 0.6) is 0 Å². The van der Waals surface area contributed by atoms with Crippen molar-refractivity contribution in [3.63, 3.8) is 0 Å². The van der Waals surface area contributed by atoms with Crippen LogP contribution in [-0.4, -0.2) is 46.1 Å². The molecule has 2 aromatic heterocycles. The largest absolute Gasteiger partial charge is 0.339 e. The van der Waals surface area contributed by atoms with Gasteiger partial charge in [0.2, 0.25) is 11.9 Å². The van der Waals surface area contributed by atoms with Crippen LogP contribution in [0.2, 0.25) is 5.02 Å². The molecule has 1 N–H and O–H groups in total. The van der Waals surface area contributed by atoms with Crippen LogP contribution in [0.1, 0.15) is 0 Å². The Morgan fingerprint density at radius 1 is 0.769 bits per heavy atom. The van der Waals surface area contributed by atoms with E-state index < -0.39 is 0 Å². The molecule has 1 aromatic carbocycles. The maximum Gasteiger partial charge on any atom is 0.227 e. The maximum absolute atomic E-state index is 6.20. The number of hydrogen-bond acceptors (Lipinski definition) is 7. The van der Waals surface area contributed by atoms with Crippen molar-refractivity contribution in [1.82, 2.24) is 19.9 Å². The molecule has 0 unspecified atom stereocenters. The van der Waals surface area contributed by atoms with Crippen LogP contribution in [0.3, 0.4) is 0 Å². The van der Waals surface area contributed by atoms with E-state index >= 15 is 0 Å². The molecule has 132 valence electrons. The van der Waals surface area contributed by atoms with E-state index in [1.807, 2.05) is 36.4 Å². The Morgan fingerprint density at radius 2 is 1.42 bits per heavy atom. The highest BCUT2D eigenvalue weighted by molar-refractivity contribution is 6.33. The first-order valence-electron chi connectivity index (χ1n) is 8.41. The number of nitrogens with one attached hydrogen (secondary N) is 1. The smallest absolute Gasteiger partial charge is 0.227 e. The van der Waals surface area contributed by atoms with Gasteiger partial charge in [-0.25, -0.2) is 15.0 Å². The Kier molecular flexibility index (Phi) is 4.79. The molecule has 0 aliphatic carbocycles. The maximum atomic E-state index is 6.20. The van der Waals surface area contributed by atoms with E-state index in [-0.39, 0.29) is 0 Å². The molecular weight excluding hydrogens is 350 g/mol. The molecule has 3 aromatic rings. The number of rotatable bonds is 4. The summed E-state index contributed by atoms with van der Waals surface area (Å²) in [6.07, 6.45) is 5.29. The van der Waals surface area contributed by atoms with Gasteiger partial charge >= 0.3 is 0 Å². The highest BCUT2D eigenvalue weighted by Crippen LogP contribution is 2.24. The number of piperazine rings is 1. The fourth-order valence-electron chi connectivity index (χ4n) is 2.83. The Bertz CT molecular complexity index is 866. The lowest BCUT2D eigenvalue weighted by Gasteiger charge is -2.34. The van der Waals surface area contributed by atoms with Gasteiger partial charge in [0, 0.05) is 44.8 Å². The lowest BCUT2D eigenvalue weighted by molar-refractivity contribution is 0.628. The van der Waals surface area contributed by atoms with E-state index in [4.69, 9.17) is 11.6 Å². The average Bonchev–Trinajstić information content (AvgIpc) is 2.71. The summed E-state index contributed by atoms with van der Waals surface area (Å²) in [6, 6.07) is 11.3. The third kappa shape index (κ3) is 3.67. The van der Waals surface area contributed by atoms with E-state index in [0.717, 1.165) is 43.6 Å². The molecule has 0 atom stereocenters. The lowest BCUT2D eigenvalue weighted by Crippen LogP contribution is -2.47. The average molecular weight is 368 g/mol. The number of aromatic nitrogens is 4. The number of nitrogens with zero attached hydrogens (tertiary/aromatic N) is 6. The summed E-state index contributed by atoms with van der Waals surface area (Å²) in [5.74, 6) is 2.19. The monoisotopic (exact) mass is 367 g/mol. The van der Waals surface area contributed by atoms with Crippen LogP contribution in [-0.2, 0) is 0 Å². The number of para-hydroxylation sites is 1. The summed E-state index contributed by atoms with van der Waals surface area (Å²) >= 11 is 6.20. The number of benzene rings is 1. The molecule has 0 spiro atoms. The van der Waals surface area contributed by atoms with Gasteiger partial charge in [0.25, 0.3) is 0 Å². The van der Waals surface area contributed by atoms with Gasteiger partial charge in [-0.3, -0.25) is 0 Å². The van der Waals surface area contributed by atoms with Crippen LogP contribution < -0.4 is 15.1 Å². The summed E-state index contributed by atoms with van der Waals surface area (Å²) in [4.78, 5) is 22.0. The van der Waals surface area contributed by atoms with Gasteiger partial charge in [-0.15, -0.1) is 0 Å². The zero-order valence-electron chi connectivity index (χ0n) is 14.1. The molecule has 0 radical (unpaired) electrons. The molecule has 7 nitrogen and oxygen atoms in total. The molecule has 26 heavy (non-hydrogen) atoms. The van der Waals surface area contributed by atoms with Gasteiger partial charge in [-0.05, 0) is 24.3 Å². The van der Waals surface area contributed by atoms with Crippen molar-refractivity contribution in [2.45, 2.75) is 0 Å². The standard InChI is InChI=1S/C18H18ClN7/c19-14-4-1-2-5-15(14)23-16-6-9-22-18(24-16)26-12-10-25(11-13-26)17-20-7-3-8-21-17/h1-9H,10-13H2,(H,22,23,24). The number of halogens is 1.